The van der Waals surface area contributed by atoms with Crippen LogP contribution < -0.4 is 10.2 Å². The van der Waals surface area contributed by atoms with E-state index >= 15 is 0 Å². The van der Waals surface area contributed by atoms with Crippen LogP contribution in [0.2, 0.25) is 0 Å². The van der Waals surface area contributed by atoms with Gasteiger partial charge in [-0.2, -0.15) is 0 Å². The number of aromatic nitrogens is 2. The minimum atomic E-state index is -0.245. The lowest BCUT2D eigenvalue weighted by molar-refractivity contribution is 0.198. The number of hydrogen-bond donors (Lipinski definition) is 2. The van der Waals surface area contributed by atoms with Crippen molar-refractivity contribution in [3.05, 3.63) is 11.4 Å². The fraction of sp³-hybridized carbons (Fsp3) is 0.733. The average molecular weight is 278 g/mol. The van der Waals surface area contributed by atoms with Gasteiger partial charge in [-0.1, -0.05) is 20.8 Å². The van der Waals surface area contributed by atoms with Crippen molar-refractivity contribution in [2.24, 2.45) is 0 Å². The summed E-state index contributed by atoms with van der Waals surface area (Å²) in [5, 5.41) is 13.1. The van der Waals surface area contributed by atoms with Crippen LogP contribution in [0, 0.1) is 6.92 Å². The molecule has 5 heteroatoms. The van der Waals surface area contributed by atoms with Gasteiger partial charge in [-0.05, 0) is 20.3 Å². The van der Waals surface area contributed by atoms with Crippen LogP contribution in [0.25, 0.3) is 0 Å². The molecule has 1 fully saturated rings. The first-order valence-corrected chi connectivity index (χ1v) is 7.39. The SMILES string of the molecule is CCNc1nc(C(C)(C)C)nc(N2CCC(O)C2)c1C. The second kappa shape index (κ2) is 5.56. The van der Waals surface area contributed by atoms with Gasteiger partial charge >= 0.3 is 0 Å². The quantitative estimate of drug-likeness (QED) is 0.886. The lowest BCUT2D eigenvalue weighted by Crippen LogP contribution is -2.27. The van der Waals surface area contributed by atoms with Gasteiger partial charge in [0.25, 0.3) is 0 Å². The van der Waals surface area contributed by atoms with Crippen molar-refractivity contribution in [2.75, 3.05) is 29.9 Å². The molecule has 20 heavy (non-hydrogen) atoms. The monoisotopic (exact) mass is 278 g/mol. The van der Waals surface area contributed by atoms with E-state index in [1.54, 1.807) is 0 Å². The summed E-state index contributed by atoms with van der Waals surface area (Å²) in [7, 11) is 0. The molecule has 1 atom stereocenters. The fourth-order valence-electron chi connectivity index (χ4n) is 2.42. The lowest BCUT2D eigenvalue weighted by Gasteiger charge is -2.25. The highest BCUT2D eigenvalue weighted by Gasteiger charge is 2.27. The van der Waals surface area contributed by atoms with Crippen LogP contribution in [-0.4, -0.2) is 40.8 Å². The first kappa shape index (κ1) is 15.0. The molecule has 2 heterocycles. The van der Waals surface area contributed by atoms with Gasteiger partial charge in [-0.3, -0.25) is 0 Å². The standard InChI is InChI=1S/C15H26N4O/c1-6-16-12-10(2)13(19-8-7-11(20)9-19)18-14(17-12)15(3,4)5/h11,20H,6-9H2,1-5H3,(H,16,17,18). The summed E-state index contributed by atoms with van der Waals surface area (Å²) in [4.78, 5) is 11.6. The third kappa shape index (κ3) is 3.03. The molecule has 1 saturated heterocycles. The Balaban J connectivity index is 2.46. The van der Waals surface area contributed by atoms with E-state index in [9.17, 15) is 5.11 Å². The molecular weight excluding hydrogens is 252 g/mol. The molecule has 2 rings (SSSR count). The van der Waals surface area contributed by atoms with Crippen molar-refractivity contribution in [3.8, 4) is 0 Å². The maximum absolute atomic E-state index is 9.75. The number of hydrogen-bond acceptors (Lipinski definition) is 5. The van der Waals surface area contributed by atoms with E-state index in [4.69, 9.17) is 4.98 Å². The zero-order chi connectivity index (χ0) is 14.9. The molecule has 0 radical (unpaired) electrons. The Morgan fingerprint density at radius 2 is 2.05 bits per heavy atom. The van der Waals surface area contributed by atoms with Crippen LogP contribution in [0.4, 0.5) is 11.6 Å². The number of nitrogens with zero attached hydrogens (tertiary/aromatic N) is 3. The molecule has 0 bridgehead atoms. The molecular formula is C15H26N4O. The molecule has 0 saturated carbocycles. The second-order valence-electron chi connectivity index (χ2n) is 6.51. The zero-order valence-corrected chi connectivity index (χ0v) is 13.2. The molecule has 1 aliphatic rings. The van der Waals surface area contributed by atoms with Gasteiger partial charge in [0.05, 0.1) is 6.10 Å². The van der Waals surface area contributed by atoms with E-state index in [1.807, 2.05) is 6.92 Å². The van der Waals surface area contributed by atoms with Crippen LogP contribution in [0.15, 0.2) is 0 Å². The molecule has 1 unspecified atom stereocenters. The minimum absolute atomic E-state index is 0.0923. The summed E-state index contributed by atoms with van der Waals surface area (Å²) in [6.45, 7) is 12.8. The number of β-amino-alcohol motifs (C(OH)–C–C–N with tert-alkyl or cyclic N) is 1. The van der Waals surface area contributed by atoms with Crippen LogP contribution >= 0.6 is 0 Å². The summed E-state index contributed by atoms with van der Waals surface area (Å²) < 4.78 is 0. The molecule has 1 aromatic heterocycles. The highest BCUT2D eigenvalue weighted by atomic mass is 16.3. The number of nitrogens with one attached hydrogen (secondary N) is 1. The molecule has 1 aromatic rings. The second-order valence-corrected chi connectivity index (χ2v) is 6.51. The van der Waals surface area contributed by atoms with E-state index in [2.05, 4.69) is 42.9 Å². The topological polar surface area (TPSA) is 61.3 Å². The molecule has 5 nitrogen and oxygen atoms in total. The zero-order valence-electron chi connectivity index (χ0n) is 13.2. The maximum atomic E-state index is 9.75. The fourth-order valence-corrected chi connectivity index (χ4v) is 2.42. The maximum Gasteiger partial charge on any atom is 0.138 e. The summed E-state index contributed by atoms with van der Waals surface area (Å²) in [5.74, 6) is 2.71. The van der Waals surface area contributed by atoms with E-state index < -0.39 is 0 Å². The molecule has 2 N–H and O–H groups in total. The van der Waals surface area contributed by atoms with Crippen molar-refractivity contribution < 1.29 is 5.11 Å². The van der Waals surface area contributed by atoms with Crippen molar-refractivity contribution in [1.82, 2.24) is 9.97 Å². The highest BCUT2D eigenvalue weighted by Crippen LogP contribution is 2.30. The van der Waals surface area contributed by atoms with Crippen LogP contribution in [0.1, 0.15) is 45.5 Å². The molecule has 1 aliphatic heterocycles. The third-order valence-electron chi connectivity index (χ3n) is 3.60. The Morgan fingerprint density at radius 1 is 1.35 bits per heavy atom. The van der Waals surface area contributed by atoms with Crippen molar-refractivity contribution in [1.29, 1.82) is 0 Å². The summed E-state index contributed by atoms with van der Waals surface area (Å²) >= 11 is 0. The summed E-state index contributed by atoms with van der Waals surface area (Å²) in [5.41, 5.74) is 0.972. The first-order chi connectivity index (χ1) is 9.32. The van der Waals surface area contributed by atoms with Gasteiger partial charge in [-0.25, -0.2) is 9.97 Å². The number of rotatable bonds is 3. The smallest absolute Gasteiger partial charge is 0.138 e. The van der Waals surface area contributed by atoms with Gasteiger partial charge in [0, 0.05) is 30.6 Å². The Morgan fingerprint density at radius 3 is 2.55 bits per heavy atom. The van der Waals surface area contributed by atoms with Crippen LogP contribution in [0.5, 0.6) is 0 Å². The van der Waals surface area contributed by atoms with E-state index in [0.717, 1.165) is 42.5 Å². The number of anilines is 2. The lowest BCUT2D eigenvalue weighted by atomic mass is 9.95. The van der Waals surface area contributed by atoms with E-state index in [-0.39, 0.29) is 11.5 Å². The van der Waals surface area contributed by atoms with Gasteiger partial charge in [0.2, 0.25) is 0 Å². The summed E-state index contributed by atoms with van der Waals surface area (Å²) in [6, 6.07) is 0. The van der Waals surface area contributed by atoms with Crippen molar-refractivity contribution in [3.63, 3.8) is 0 Å². The molecule has 0 aromatic carbocycles. The summed E-state index contributed by atoms with van der Waals surface area (Å²) in [6.07, 6.45) is 0.565. The highest BCUT2D eigenvalue weighted by molar-refractivity contribution is 5.59. The van der Waals surface area contributed by atoms with Crippen molar-refractivity contribution in [2.45, 2.75) is 52.6 Å². The van der Waals surface area contributed by atoms with Crippen molar-refractivity contribution >= 4 is 11.6 Å². The molecule has 0 spiro atoms. The Kier molecular flexibility index (Phi) is 4.18. The Labute approximate surface area is 121 Å². The first-order valence-electron chi connectivity index (χ1n) is 7.39. The third-order valence-corrected chi connectivity index (χ3v) is 3.60. The number of aliphatic hydroxyl groups is 1. The van der Waals surface area contributed by atoms with Gasteiger partial charge in [0.15, 0.2) is 0 Å². The van der Waals surface area contributed by atoms with Crippen LogP contribution in [0.3, 0.4) is 0 Å². The van der Waals surface area contributed by atoms with Gasteiger partial charge in [0.1, 0.15) is 17.5 Å². The molecule has 0 amide bonds. The predicted octanol–water partition coefficient (Wildman–Crippen LogP) is 2.09. The molecule has 0 aliphatic carbocycles. The predicted molar refractivity (Wildman–Crippen MR) is 82.5 cm³/mol. The molecule has 112 valence electrons. The average Bonchev–Trinajstić information content (AvgIpc) is 2.77. The minimum Gasteiger partial charge on any atom is -0.391 e. The number of aliphatic hydroxyl groups excluding tert-OH is 1. The van der Waals surface area contributed by atoms with Crippen LogP contribution in [-0.2, 0) is 5.41 Å². The largest absolute Gasteiger partial charge is 0.391 e. The van der Waals surface area contributed by atoms with Gasteiger partial charge in [-0.15, -0.1) is 0 Å². The normalized spacial score (nSPS) is 19.5. The van der Waals surface area contributed by atoms with E-state index in [1.165, 1.54) is 0 Å². The Bertz CT molecular complexity index is 481. The van der Waals surface area contributed by atoms with Gasteiger partial charge < -0.3 is 15.3 Å². The Hall–Kier alpha value is -1.36. The van der Waals surface area contributed by atoms with E-state index in [0.29, 0.717) is 6.54 Å².